The van der Waals surface area contributed by atoms with Gasteiger partial charge in [0.05, 0.1) is 5.69 Å². The first-order chi connectivity index (χ1) is 9.13. The summed E-state index contributed by atoms with van der Waals surface area (Å²) >= 11 is 0. The van der Waals surface area contributed by atoms with Crippen molar-refractivity contribution < 1.29 is 0 Å². The number of aromatic nitrogens is 2. The molecule has 1 aromatic carbocycles. The minimum atomic E-state index is 0.877. The average molecular weight is 257 g/mol. The van der Waals surface area contributed by atoms with Crippen molar-refractivity contribution in [2.45, 2.75) is 40.8 Å². The largest absolute Gasteiger partial charge is 0.327 e. The second-order valence-electron chi connectivity index (χ2n) is 5.03. The summed E-state index contributed by atoms with van der Waals surface area (Å²) in [7, 11) is 0. The van der Waals surface area contributed by atoms with Crippen molar-refractivity contribution in [2.24, 2.45) is 0 Å². The number of rotatable bonds is 5. The number of nitrogens with zero attached hydrogens (tertiary/aromatic N) is 2. The molecule has 2 rings (SSSR count). The zero-order chi connectivity index (χ0) is 13.8. The molecule has 0 radical (unpaired) electrons. The predicted molar refractivity (Wildman–Crippen MR) is 79.4 cm³/mol. The molecule has 19 heavy (non-hydrogen) atoms. The van der Waals surface area contributed by atoms with E-state index in [0.717, 1.165) is 25.5 Å². The molecule has 0 aliphatic heterocycles. The smallest absolute Gasteiger partial charge is 0.106 e. The monoisotopic (exact) mass is 257 g/mol. The van der Waals surface area contributed by atoms with Gasteiger partial charge in [0.15, 0.2) is 0 Å². The Morgan fingerprint density at radius 1 is 1.16 bits per heavy atom. The van der Waals surface area contributed by atoms with E-state index in [4.69, 9.17) is 0 Å². The molecule has 0 unspecified atom stereocenters. The summed E-state index contributed by atoms with van der Waals surface area (Å²) < 4.78 is 2.30. The zero-order valence-electron chi connectivity index (χ0n) is 12.3. The highest BCUT2D eigenvalue weighted by Crippen LogP contribution is 2.17. The fraction of sp³-hybridized carbons (Fsp3) is 0.438. The van der Waals surface area contributed by atoms with Gasteiger partial charge in [0.2, 0.25) is 0 Å². The quantitative estimate of drug-likeness (QED) is 0.892. The molecule has 1 N–H and O–H groups in total. The van der Waals surface area contributed by atoms with Crippen LogP contribution in [0.3, 0.4) is 0 Å². The maximum absolute atomic E-state index is 4.45. The van der Waals surface area contributed by atoms with E-state index in [1.165, 1.54) is 22.4 Å². The molecule has 102 valence electrons. The lowest BCUT2D eigenvalue weighted by atomic mass is 10.0. The molecule has 0 bridgehead atoms. The Bertz CT molecular complexity index is 535. The van der Waals surface area contributed by atoms with Gasteiger partial charge in [-0.15, -0.1) is 0 Å². The topological polar surface area (TPSA) is 29.9 Å². The highest BCUT2D eigenvalue weighted by Gasteiger charge is 2.09. The number of aryl methyl sites for hydroxylation is 3. The number of hydrogen-bond donors (Lipinski definition) is 1. The second-order valence-corrected chi connectivity index (χ2v) is 5.03. The summed E-state index contributed by atoms with van der Waals surface area (Å²) in [6.07, 6.45) is 1.98. The lowest BCUT2D eigenvalue weighted by Gasteiger charge is -2.14. The van der Waals surface area contributed by atoms with Gasteiger partial charge in [0, 0.05) is 19.3 Å². The standard InChI is InChI=1S/C16H23N3/c1-5-17-9-15-10-18-14(4)19(15)11-16-12(2)7-6-8-13(16)3/h6-8,10,17H,5,9,11H2,1-4H3. The van der Waals surface area contributed by atoms with E-state index < -0.39 is 0 Å². The van der Waals surface area contributed by atoms with E-state index in [2.05, 4.69) is 60.8 Å². The Morgan fingerprint density at radius 2 is 1.84 bits per heavy atom. The third kappa shape index (κ3) is 3.04. The molecule has 1 heterocycles. The Labute approximate surface area is 115 Å². The Kier molecular flexibility index (Phi) is 4.38. The lowest BCUT2D eigenvalue weighted by molar-refractivity contribution is 0.644. The molecule has 0 aliphatic rings. The molecule has 1 aromatic heterocycles. The summed E-state index contributed by atoms with van der Waals surface area (Å²) in [6, 6.07) is 6.48. The van der Waals surface area contributed by atoms with Crippen LogP contribution in [0.1, 0.15) is 35.1 Å². The van der Waals surface area contributed by atoms with E-state index in [-0.39, 0.29) is 0 Å². The molecule has 3 nitrogen and oxygen atoms in total. The third-order valence-electron chi connectivity index (χ3n) is 3.65. The number of benzene rings is 1. The van der Waals surface area contributed by atoms with Crippen LogP contribution in [0.2, 0.25) is 0 Å². The van der Waals surface area contributed by atoms with E-state index in [1.54, 1.807) is 0 Å². The summed E-state index contributed by atoms with van der Waals surface area (Å²) in [5.74, 6) is 1.08. The number of hydrogen-bond acceptors (Lipinski definition) is 2. The van der Waals surface area contributed by atoms with Crippen molar-refractivity contribution in [3.8, 4) is 0 Å². The van der Waals surface area contributed by atoms with Crippen molar-refractivity contribution >= 4 is 0 Å². The van der Waals surface area contributed by atoms with E-state index in [9.17, 15) is 0 Å². The summed E-state index contributed by atoms with van der Waals surface area (Å²) in [5, 5.41) is 3.37. The predicted octanol–water partition coefficient (Wildman–Crippen LogP) is 2.97. The molecule has 0 aliphatic carbocycles. The summed E-state index contributed by atoms with van der Waals surface area (Å²) in [5.41, 5.74) is 5.35. The number of nitrogens with one attached hydrogen (secondary N) is 1. The minimum Gasteiger partial charge on any atom is -0.327 e. The van der Waals surface area contributed by atoms with Gasteiger partial charge in [-0.05, 0) is 44.0 Å². The van der Waals surface area contributed by atoms with E-state index >= 15 is 0 Å². The fourth-order valence-electron chi connectivity index (χ4n) is 2.38. The SMILES string of the molecule is CCNCc1cnc(C)n1Cc1c(C)cccc1C. The maximum Gasteiger partial charge on any atom is 0.106 e. The molecule has 0 amide bonds. The van der Waals surface area contributed by atoms with Gasteiger partial charge in [-0.25, -0.2) is 4.98 Å². The molecular formula is C16H23N3. The second kappa shape index (κ2) is 6.02. The Morgan fingerprint density at radius 3 is 2.47 bits per heavy atom. The van der Waals surface area contributed by atoms with Crippen LogP contribution >= 0.6 is 0 Å². The van der Waals surface area contributed by atoms with Crippen molar-refractivity contribution in [3.05, 3.63) is 52.6 Å². The van der Waals surface area contributed by atoms with Crippen LogP contribution in [0.15, 0.2) is 24.4 Å². The van der Waals surface area contributed by atoms with Gasteiger partial charge in [-0.1, -0.05) is 25.1 Å². The molecule has 0 saturated heterocycles. The average Bonchev–Trinajstić information content (AvgIpc) is 2.72. The van der Waals surface area contributed by atoms with E-state index in [1.807, 2.05) is 6.20 Å². The Hall–Kier alpha value is -1.61. The van der Waals surface area contributed by atoms with Crippen LogP contribution in [0.25, 0.3) is 0 Å². The lowest BCUT2D eigenvalue weighted by Crippen LogP contribution is -2.17. The van der Waals surface area contributed by atoms with Gasteiger partial charge in [0.25, 0.3) is 0 Å². The molecule has 3 heteroatoms. The normalized spacial score (nSPS) is 10.9. The highest BCUT2D eigenvalue weighted by molar-refractivity contribution is 5.34. The summed E-state index contributed by atoms with van der Waals surface area (Å²) in [4.78, 5) is 4.45. The molecule has 0 fully saturated rings. The third-order valence-corrected chi connectivity index (χ3v) is 3.65. The van der Waals surface area contributed by atoms with Crippen molar-refractivity contribution in [3.63, 3.8) is 0 Å². The Balaban J connectivity index is 2.30. The van der Waals surface area contributed by atoms with Gasteiger partial charge in [-0.2, -0.15) is 0 Å². The van der Waals surface area contributed by atoms with Gasteiger partial charge >= 0.3 is 0 Å². The first-order valence-electron chi connectivity index (χ1n) is 6.90. The van der Waals surface area contributed by atoms with Crippen LogP contribution in [0.5, 0.6) is 0 Å². The highest BCUT2D eigenvalue weighted by atomic mass is 15.1. The molecule has 0 spiro atoms. The van der Waals surface area contributed by atoms with Crippen molar-refractivity contribution in [1.82, 2.24) is 14.9 Å². The van der Waals surface area contributed by atoms with Gasteiger partial charge in [-0.3, -0.25) is 0 Å². The fourth-order valence-corrected chi connectivity index (χ4v) is 2.38. The van der Waals surface area contributed by atoms with Crippen LogP contribution in [0.4, 0.5) is 0 Å². The van der Waals surface area contributed by atoms with Gasteiger partial charge in [0.1, 0.15) is 5.82 Å². The molecule has 2 aromatic rings. The first-order valence-corrected chi connectivity index (χ1v) is 6.90. The molecule has 0 saturated carbocycles. The van der Waals surface area contributed by atoms with Crippen LogP contribution in [0, 0.1) is 20.8 Å². The van der Waals surface area contributed by atoms with Crippen LogP contribution < -0.4 is 5.32 Å². The molecular weight excluding hydrogens is 234 g/mol. The van der Waals surface area contributed by atoms with E-state index in [0.29, 0.717) is 0 Å². The summed E-state index contributed by atoms with van der Waals surface area (Å²) in [6.45, 7) is 11.3. The van der Waals surface area contributed by atoms with Crippen LogP contribution in [-0.4, -0.2) is 16.1 Å². The van der Waals surface area contributed by atoms with Gasteiger partial charge < -0.3 is 9.88 Å². The van der Waals surface area contributed by atoms with Crippen molar-refractivity contribution in [1.29, 1.82) is 0 Å². The van der Waals surface area contributed by atoms with Crippen molar-refractivity contribution in [2.75, 3.05) is 6.54 Å². The number of imidazole rings is 1. The zero-order valence-corrected chi connectivity index (χ0v) is 12.3. The maximum atomic E-state index is 4.45. The molecule has 0 atom stereocenters. The first kappa shape index (κ1) is 13.8. The van der Waals surface area contributed by atoms with Crippen LogP contribution in [-0.2, 0) is 13.1 Å². The minimum absolute atomic E-state index is 0.877.